The SMILES string of the molecule is CCCCCCC/C=C\C/C=C\C/C=C\CCCCCCCCCCCCCCCCCCCCCCCCCCCCC(=O)NC(COP(=O)(O)OCC[N+](C)(C)C)C(O)CCCCCCCCCCCCCCCCCCCCCCC. The van der Waals surface area contributed by atoms with Crippen molar-refractivity contribution in [3.05, 3.63) is 36.5 Å². The summed E-state index contributed by atoms with van der Waals surface area (Å²) in [6.45, 7) is 4.94. The first-order valence-electron chi connectivity index (χ1n) is 37.4. The van der Waals surface area contributed by atoms with E-state index in [1.54, 1.807) is 0 Å². The van der Waals surface area contributed by atoms with Gasteiger partial charge in [-0.3, -0.25) is 13.8 Å². The average molecular weight is 1200 g/mol. The number of aliphatic hydroxyl groups excluding tert-OH is 1. The second kappa shape index (κ2) is 66.1. The zero-order chi connectivity index (χ0) is 61.2. The Bertz CT molecular complexity index is 1460. The van der Waals surface area contributed by atoms with Gasteiger partial charge in [-0.05, 0) is 51.4 Å². The lowest BCUT2D eigenvalue weighted by molar-refractivity contribution is -0.870. The predicted octanol–water partition coefficient (Wildman–Crippen LogP) is 24.0. The molecule has 0 aromatic rings. The third-order valence-electron chi connectivity index (χ3n) is 17.4. The second-order valence-electron chi connectivity index (χ2n) is 27.0. The van der Waals surface area contributed by atoms with Crippen LogP contribution < -0.4 is 5.32 Å². The fourth-order valence-corrected chi connectivity index (χ4v) is 12.3. The summed E-state index contributed by atoms with van der Waals surface area (Å²) in [4.78, 5) is 23.5. The highest BCUT2D eigenvalue weighted by molar-refractivity contribution is 7.47. The number of phosphoric ester groups is 1. The Kier molecular flexibility index (Phi) is 65.1. The van der Waals surface area contributed by atoms with Gasteiger partial charge in [-0.1, -0.05) is 365 Å². The van der Waals surface area contributed by atoms with Gasteiger partial charge in [0.1, 0.15) is 13.2 Å². The van der Waals surface area contributed by atoms with Gasteiger partial charge in [0, 0.05) is 6.42 Å². The molecule has 0 fully saturated rings. The number of carbonyl (C=O) groups excluding carboxylic acids is 1. The normalized spacial score (nSPS) is 13.8. The Morgan fingerprint density at radius 3 is 0.988 bits per heavy atom. The summed E-state index contributed by atoms with van der Waals surface area (Å²) in [5, 5.41) is 14.2. The van der Waals surface area contributed by atoms with Crippen LogP contribution in [0.25, 0.3) is 0 Å². The van der Waals surface area contributed by atoms with Crippen LogP contribution in [-0.4, -0.2) is 73.4 Å². The first-order chi connectivity index (χ1) is 41.0. The van der Waals surface area contributed by atoms with E-state index in [1.165, 1.54) is 308 Å². The molecule has 0 aromatic heterocycles. The standard InChI is InChI=1S/C75H147N2O6P/c1-6-8-10-12-14-16-18-20-22-24-26-28-29-30-31-32-33-34-35-36-37-38-39-40-41-42-43-44-45-46-47-49-51-53-55-57-59-61-63-65-67-69-75(79)76-73(72-83-84(80,81)82-71-70-77(3,4)5)74(78)68-66-64-62-60-58-56-54-52-50-48-27-25-23-21-19-17-15-13-11-9-7-2/h18,20,24,26,29-30,73-74,78H,6-17,19,21-23,25,27-28,31-72H2,1-5H3,(H-,76,79,80,81)/p+1/b20-18-,26-24-,30-29-. The maximum absolute atomic E-state index is 13.1. The quantitative estimate of drug-likeness (QED) is 0.0243. The molecule has 0 saturated carbocycles. The molecule has 9 heteroatoms. The molecule has 0 saturated heterocycles. The van der Waals surface area contributed by atoms with Gasteiger partial charge in [-0.2, -0.15) is 0 Å². The smallest absolute Gasteiger partial charge is 0.391 e. The number of rotatable bonds is 70. The van der Waals surface area contributed by atoms with Gasteiger partial charge in [-0.25, -0.2) is 4.57 Å². The molecular formula is C75H148N2O6P+. The largest absolute Gasteiger partial charge is 0.472 e. The summed E-state index contributed by atoms with van der Waals surface area (Å²) >= 11 is 0. The molecule has 0 bridgehead atoms. The van der Waals surface area contributed by atoms with E-state index in [-0.39, 0.29) is 19.1 Å². The van der Waals surface area contributed by atoms with Crippen LogP contribution in [0.1, 0.15) is 386 Å². The first-order valence-corrected chi connectivity index (χ1v) is 38.8. The fourth-order valence-electron chi connectivity index (χ4n) is 11.6. The van der Waals surface area contributed by atoms with Crippen molar-refractivity contribution in [2.45, 2.75) is 398 Å². The van der Waals surface area contributed by atoms with E-state index >= 15 is 0 Å². The van der Waals surface area contributed by atoms with Crippen LogP contribution in [0.3, 0.4) is 0 Å². The minimum Gasteiger partial charge on any atom is -0.391 e. The van der Waals surface area contributed by atoms with E-state index in [1.807, 2.05) is 21.1 Å². The summed E-state index contributed by atoms with van der Waals surface area (Å²) < 4.78 is 23.9. The number of amides is 1. The van der Waals surface area contributed by atoms with E-state index in [2.05, 4.69) is 55.6 Å². The zero-order valence-electron chi connectivity index (χ0n) is 57.2. The van der Waals surface area contributed by atoms with E-state index in [0.717, 1.165) is 51.4 Å². The molecule has 3 atom stereocenters. The molecule has 0 aliphatic heterocycles. The number of quaternary nitrogens is 1. The van der Waals surface area contributed by atoms with Crippen LogP contribution in [0, 0.1) is 0 Å². The van der Waals surface area contributed by atoms with Crippen LogP contribution >= 0.6 is 7.82 Å². The minimum absolute atomic E-state index is 0.0776. The van der Waals surface area contributed by atoms with Crippen LogP contribution in [-0.2, 0) is 18.4 Å². The molecule has 0 aliphatic rings. The number of aliphatic hydroxyl groups is 1. The van der Waals surface area contributed by atoms with Gasteiger partial charge in [0.05, 0.1) is 39.9 Å². The summed E-state index contributed by atoms with van der Waals surface area (Å²) in [6, 6.07) is -0.759. The summed E-state index contributed by atoms with van der Waals surface area (Å²) in [6.07, 6.45) is 88.4. The molecule has 0 aliphatic carbocycles. The highest BCUT2D eigenvalue weighted by Crippen LogP contribution is 2.43. The number of likely N-dealkylation sites (N-methyl/N-ethyl adjacent to an activating group) is 1. The lowest BCUT2D eigenvalue weighted by atomic mass is 10.0. The van der Waals surface area contributed by atoms with Crippen molar-refractivity contribution in [2.24, 2.45) is 0 Å². The van der Waals surface area contributed by atoms with Gasteiger partial charge in [0.15, 0.2) is 0 Å². The third-order valence-corrected chi connectivity index (χ3v) is 18.4. The molecule has 0 aromatic carbocycles. The topological polar surface area (TPSA) is 105 Å². The highest BCUT2D eigenvalue weighted by Gasteiger charge is 2.28. The number of hydrogen-bond donors (Lipinski definition) is 3. The molecule has 3 N–H and O–H groups in total. The van der Waals surface area contributed by atoms with E-state index in [9.17, 15) is 19.4 Å². The molecule has 0 rings (SSSR count). The molecule has 0 spiro atoms. The van der Waals surface area contributed by atoms with E-state index in [4.69, 9.17) is 9.05 Å². The molecule has 84 heavy (non-hydrogen) atoms. The van der Waals surface area contributed by atoms with Crippen molar-refractivity contribution >= 4 is 13.7 Å². The summed E-state index contributed by atoms with van der Waals surface area (Å²) in [5.74, 6) is -0.135. The molecule has 0 heterocycles. The Labute approximate surface area is 525 Å². The van der Waals surface area contributed by atoms with Crippen LogP contribution in [0.4, 0.5) is 0 Å². The molecular weight excluding hydrogens is 1060 g/mol. The molecule has 1 amide bonds. The van der Waals surface area contributed by atoms with Crippen LogP contribution in [0.15, 0.2) is 36.5 Å². The van der Waals surface area contributed by atoms with Gasteiger partial charge in [-0.15, -0.1) is 0 Å². The van der Waals surface area contributed by atoms with Gasteiger partial charge in [0.2, 0.25) is 5.91 Å². The first kappa shape index (κ1) is 82.7. The molecule has 0 radical (unpaired) electrons. The predicted molar refractivity (Wildman–Crippen MR) is 369 cm³/mol. The Hall–Kier alpha value is -1.28. The van der Waals surface area contributed by atoms with Crippen molar-refractivity contribution in [3.63, 3.8) is 0 Å². The Morgan fingerprint density at radius 1 is 0.405 bits per heavy atom. The van der Waals surface area contributed by atoms with Gasteiger partial charge >= 0.3 is 7.82 Å². The zero-order valence-corrected chi connectivity index (χ0v) is 58.1. The Morgan fingerprint density at radius 2 is 0.679 bits per heavy atom. The number of carbonyl (C=O) groups is 1. The summed E-state index contributed by atoms with van der Waals surface area (Å²) in [7, 11) is 1.64. The van der Waals surface area contributed by atoms with Crippen molar-refractivity contribution in [1.82, 2.24) is 5.32 Å². The van der Waals surface area contributed by atoms with Crippen molar-refractivity contribution in [1.29, 1.82) is 0 Å². The lowest BCUT2D eigenvalue weighted by Crippen LogP contribution is -2.46. The Balaban J connectivity index is 3.87. The van der Waals surface area contributed by atoms with Crippen LogP contribution in [0.5, 0.6) is 0 Å². The number of hydrogen-bond acceptors (Lipinski definition) is 5. The van der Waals surface area contributed by atoms with E-state index < -0.39 is 20.0 Å². The van der Waals surface area contributed by atoms with Crippen molar-refractivity contribution < 1.29 is 32.9 Å². The maximum Gasteiger partial charge on any atom is 0.472 e. The second-order valence-corrected chi connectivity index (χ2v) is 28.5. The van der Waals surface area contributed by atoms with Crippen LogP contribution in [0.2, 0.25) is 0 Å². The lowest BCUT2D eigenvalue weighted by Gasteiger charge is -2.26. The minimum atomic E-state index is -4.33. The molecule has 3 unspecified atom stereocenters. The van der Waals surface area contributed by atoms with Gasteiger partial charge in [0.25, 0.3) is 0 Å². The highest BCUT2D eigenvalue weighted by atomic mass is 31.2. The van der Waals surface area contributed by atoms with E-state index in [0.29, 0.717) is 23.9 Å². The average Bonchev–Trinajstić information content (AvgIpc) is 3.56. The number of nitrogens with one attached hydrogen (secondary N) is 1. The maximum atomic E-state index is 13.1. The molecule has 498 valence electrons. The van der Waals surface area contributed by atoms with Crippen molar-refractivity contribution in [3.8, 4) is 0 Å². The number of nitrogens with zero attached hydrogens (tertiary/aromatic N) is 1. The van der Waals surface area contributed by atoms with Crippen molar-refractivity contribution in [2.75, 3.05) is 40.9 Å². The number of unbranched alkanes of at least 4 members (excludes halogenated alkanes) is 51. The monoisotopic (exact) mass is 1200 g/mol. The number of phosphoric acid groups is 1. The molecule has 8 nitrogen and oxygen atoms in total. The fraction of sp³-hybridized carbons (Fsp3) is 0.907. The summed E-state index contributed by atoms with van der Waals surface area (Å²) in [5.41, 5.74) is 0. The third kappa shape index (κ3) is 68.2. The van der Waals surface area contributed by atoms with Gasteiger partial charge < -0.3 is 19.8 Å². The number of allylic oxidation sites excluding steroid dienone is 6.